The Bertz CT molecular complexity index is 533. The molecule has 0 amide bonds. The van der Waals surface area contributed by atoms with Crippen LogP contribution in [0.4, 0.5) is 0 Å². The van der Waals surface area contributed by atoms with Gasteiger partial charge in [-0.1, -0.05) is 30.3 Å². The molecular formula is C16H19BrN2O. The summed E-state index contributed by atoms with van der Waals surface area (Å²) in [4.78, 5) is 6.40. The molecule has 2 rings (SSSR count). The molecule has 0 aliphatic heterocycles. The molecule has 4 heteroatoms. The van der Waals surface area contributed by atoms with Gasteiger partial charge in [-0.15, -0.1) is 0 Å². The third-order valence-electron chi connectivity index (χ3n) is 3.34. The summed E-state index contributed by atoms with van der Waals surface area (Å²) in [5, 5.41) is 9.31. The van der Waals surface area contributed by atoms with Gasteiger partial charge < -0.3 is 5.11 Å². The fourth-order valence-corrected chi connectivity index (χ4v) is 2.79. The monoisotopic (exact) mass is 334 g/mol. The number of aliphatic hydroxyl groups is 1. The Kier molecular flexibility index (Phi) is 5.71. The summed E-state index contributed by atoms with van der Waals surface area (Å²) in [6, 6.07) is 14.6. The second-order valence-electron chi connectivity index (χ2n) is 4.84. The summed E-state index contributed by atoms with van der Waals surface area (Å²) < 4.78 is 0.849. The van der Waals surface area contributed by atoms with Crippen molar-refractivity contribution in [2.75, 3.05) is 13.7 Å². The Morgan fingerprint density at radius 1 is 1.25 bits per heavy atom. The van der Waals surface area contributed by atoms with Crippen molar-refractivity contribution in [1.82, 2.24) is 9.88 Å². The molecule has 0 aliphatic carbocycles. The summed E-state index contributed by atoms with van der Waals surface area (Å²) in [5.74, 6) is 0. The van der Waals surface area contributed by atoms with Crippen molar-refractivity contribution in [1.29, 1.82) is 0 Å². The van der Waals surface area contributed by atoms with Crippen LogP contribution in [0.25, 0.3) is 0 Å². The second kappa shape index (κ2) is 7.53. The smallest absolute Gasteiger partial charge is 0.106 e. The zero-order valence-corrected chi connectivity index (χ0v) is 13.1. The molecule has 1 atom stereocenters. The maximum Gasteiger partial charge on any atom is 0.106 e. The highest BCUT2D eigenvalue weighted by atomic mass is 79.9. The van der Waals surface area contributed by atoms with E-state index < -0.39 is 0 Å². The van der Waals surface area contributed by atoms with Gasteiger partial charge in [0.15, 0.2) is 0 Å². The first-order valence-electron chi connectivity index (χ1n) is 6.67. The Hall–Kier alpha value is -1.23. The molecule has 0 unspecified atom stereocenters. The fourth-order valence-electron chi connectivity index (χ4n) is 2.38. The van der Waals surface area contributed by atoms with Crippen LogP contribution in [0, 0.1) is 0 Å². The molecule has 0 bridgehead atoms. The minimum atomic E-state index is 0.184. The van der Waals surface area contributed by atoms with Crippen LogP contribution in [-0.2, 0) is 6.54 Å². The van der Waals surface area contributed by atoms with Crippen molar-refractivity contribution in [3.63, 3.8) is 0 Å². The van der Waals surface area contributed by atoms with Crippen molar-refractivity contribution >= 4 is 15.9 Å². The quantitative estimate of drug-likeness (QED) is 0.822. The second-order valence-corrected chi connectivity index (χ2v) is 5.65. The third-order valence-corrected chi connectivity index (χ3v) is 3.78. The summed E-state index contributed by atoms with van der Waals surface area (Å²) in [7, 11) is 2.08. The van der Waals surface area contributed by atoms with E-state index in [1.165, 1.54) is 11.1 Å². The number of pyridine rings is 1. The third kappa shape index (κ3) is 4.13. The highest BCUT2D eigenvalue weighted by molar-refractivity contribution is 9.10. The average Bonchev–Trinajstić information content (AvgIpc) is 2.45. The number of benzene rings is 1. The van der Waals surface area contributed by atoms with Gasteiger partial charge in [-0.05, 0) is 52.7 Å². The van der Waals surface area contributed by atoms with E-state index >= 15 is 0 Å². The zero-order valence-electron chi connectivity index (χ0n) is 11.5. The SMILES string of the molecule is CN(Cc1ccnc(Br)c1)[C@@H](CCO)c1ccccc1. The summed E-state index contributed by atoms with van der Waals surface area (Å²) >= 11 is 3.40. The molecule has 2 aromatic rings. The minimum absolute atomic E-state index is 0.184. The van der Waals surface area contributed by atoms with Gasteiger partial charge in [-0.2, -0.15) is 0 Å². The molecule has 0 fully saturated rings. The number of hydrogen-bond acceptors (Lipinski definition) is 3. The summed E-state index contributed by atoms with van der Waals surface area (Å²) in [6.45, 7) is 1.00. The van der Waals surface area contributed by atoms with Gasteiger partial charge >= 0.3 is 0 Å². The lowest BCUT2D eigenvalue weighted by Crippen LogP contribution is -2.25. The predicted octanol–water partition coefficient (Wildman–Crippen LogP) is 3.40. The number of hydrogen-bond donors (Lipinski definition) is 1. The number of halogens is 1. The van der Waals surface area contributed by atoms with Gasteiger partial charge in [0.1, 0.15) is 4.60 Å². The van der Waals surface area contributed by atoms with Crippen molar-refractivity contribution in [2.24, 2.45) is 0 Å². The van der Waals surface area contributed by atoms with Crippen molar-refractivity contribution in [2.45, 2.75) is 19.0 Å². The highest BCUT2D eigenvalue weighted by Gasteiger charge is 2.16. The van der Waals surface area contributed by atoms with Gasteiger partial charge in [-0.3, -0.25) is 4.90 Å². The Labute approximate surface area is 128 Å². The van der Waals surface area contributed by atoms with Crippen molar-refractivity contribution in [3.05, 3.63) is 64.4 Å². The van der Waals surface area contributed by atoms with Gasteiger partial charge in [0.05, 0.1) is 0 Å². The van der Waals surface area contributed by atoms with Crippen LogP contribution in [-0.4, -0.2) is 28.6 Å². The molecule has 1 N–H and O–H groups in total. The average molecular weight is 335 g/mol. The predicted molar refractivity (Wildman–Crippen MR) is 84.3 cm³/mol. The molecule has 0 saturated carbocycles. The molecule has 1 aromatic carbocycles. The van der Waals surface area contributed by atoms with Gasteiger partial charge in [-0.25, -0.2) is 4.98 Å². The number of nitrogens with zero attached hydrogens (tertiary/aromatic N) is 2. The standard InChI is InChI=1S/C16H19BrN2O/c1-19(12-13-7-9-18-16(17)11-13)15(8-10-20)14-5-3-2-4-6-14/h2-7,9,11,15,20H,8,10,12H2,1H3/t15-/m0/s1. The Morgan fingerprint density at radius 3 is 2.65 bits per heavy atom. The van der Waals surface area contributed by atoms with E-state index in [-0.39, 0.29) is 12.6 Å². The first-order valence-corrected chi connectivity index (χ1v) is 7.46. The van der Waals surface area contributed by atoms with Crippen LogP contribution >= 0.6 is 15.9 Å². The van der Waals surface area contributed by atoms with E-state index in [1.807, 2.05) is 30.3 Å². The molecule has 1 aromatic heterocycles. The maximum absolute atomic E-state index is 9.31. The number of aromatic nitrogens is 1. The first kappa shape index (κ1) is 15.2. The lowest BCUT2D eigenvalue weighted by molar-refractivity contribution is 0.180. The molecule has 0 aliphatic rings. The molecule has 0 spiro atoms. The largest absolute Gasteiger partial charge is 0.396 e. The molecule has 1 heterocycles. The summed E-state index contributed by atoms with van der Waals surface area (Å²) in [6.07, 6.45) is 2.53. The van der Waals surface area contributed by atoms with E-state index in [4.69, 9.17) is 0 Å². The lowest BCUT2D eigenvalue weighted by atomic mass is 10.0. The molecule has 0 radical (unpaired) electrons. The lowest BCUT2D eigenvalue weighted by Gasteiger charge is -2.28. The topological polar surface area (TPSA) is 36.4 Å². The van der Waals surface area contributed by atoms with E-state index in [0.29, 0.717) is 0 Å². The molecule has 20 heavy (non-hydrogen) atoms. The molecule has 106 valence electrons. The minimum Gasteiger partial charge on any atom is -0.396 e. The number of aliphatic hydroxyl groups excluding tert-OH is 1. The van der Waals surface area contributed by atoms with Gasteiger partial charge in [0, 0.05) is 25.4 Å². The van der Waals surface area contributed by atoms with Crippen LogP contribution < -0.4 is 0 Å². The van der Waals surface area contributed by atoms with Crippen LogP contribution in [0.2, 0.25) is 0 Å². The fraction of sp³-hybridized carbons (Fsp3) is 0.312. The Morgan fingerprint density at radius 2 is 2.00 bits per heavy atom. The Balaban J connectivity index is 2.13. The van der Waals surface area contributed by atoms with Crippen LogP contribution in [0.1, 0.15) is 23.6 Å². The van der Waals surface area contributed by atoms with E-state index in [1.54, 1.807) is 6.20 Å². The first-order chi connectivity index (χ1) is 9.70. The van der Waals surface area contributed by atoms with E-state index in [0.717, 1.165) is 17.6 Å². The van der Waals surface area contributed by atoms with Gasteiger partial charge in [0.2, 0.25) is 0 Å². The van der Waals surface area contributed by atoms with Crippen LogP contribution in [0.3, 0.4) is 0 Å². The molecule has 3 nitrogen and oxygen atoms in total. The molecular weight excluding hydrogens is 316 g/mol. The van der Waals surface area contributed by atoms with Gasteiger partial charge in [0.25, 0.3) is 0 Å². The van der Waals surface area contributed by atoms with Crippen LogP contribution in [0.15, 0.2) is 53.3 Å². The zero-order chi connectivity index (χ0) is 14.4. The summed E-state index contributed by atoms with van der Waals surface area (Å²) in [5.41, 5.74) is 2.44. The maximum atomic E-state index is 9.31. The van der Waals surface area contributed by atoms with E-state index in [9.17, 15) is 5.11 Å². The van der Waals surface area contributed by atoms with Crippen LogP contribution in [0.5, 0.6) is 0 Å². The normalized spacial score (nSPS) is 12.6. The highest BCUT2D eigenvalue weighted by Crippen LogP contribution is 2.24. The number of rotatable bonds is 6. The van der Waals surface area contributed by atoms with Crippen molar-refractivity contribution < 1.29 is 5.11 Å². The molecule has 0 saturated heterocycles. The van der Waals surface area contributed by atoms with E-state index in [2.05, 4.69) is 45.0 Å². The van der Waals surface area contributed by atoms with Crippen molar-refractivity contribution in [3.8, 4) is 0 Å².